The van der Waals surface area contributed by atoms with Crippen LogP contribution in [0.1, 0.15) is 45.4 Å². The molecule has 4 heteroatoms. The number of anilines is 1. The van der Waals surface area contributed by atoms with Crippen LogP contribution in [-0.2, 0) is 0 Å². The summed E-state index contributed by atoms with van der Waals surface area (Å²) >= 11 is 6.89. The molecule has 0 spiro atoms. The minimum Gasteiger partial charge on any atom is -0.369 e. The monoisotopic (exact) mass is 362 g/mol. The fourth-order valence-corrected chi connectivity index (χ4v) is 2.78. The van der Waals surface area contributed by atoms with Crippen molar-refractivity contribution in [3.63, 3.8) is 0 Å². The number of hydrogen-bond acceptors (Lipinski definition) is 2. The predicted octanol–water partition coefficient (Wildman–Crippen LogP) is 5.38. The van der Waals surface area contributed by atoms with Crippen LogP contribution in [0.25, 0.3) is 0 Å². The molecule has 1 aromatic rings. The van der Waals surface area contributed by atoms with E-state index in [0.717, 1.165) is 21.3 Å². The van der Waals surface area contributed by atoms with Crippen LogP contribution in [0.15, 0.2) is 21.2 Å². The third-order valence-corrected chi connectivity index (χ3v) is 3.67. The molecule has 17 heavy (non-hydrogen) atoms. The molecule has 2 nitrogen and oxygen atoms in total. The van der Waals surface area contributed by atoms with Crippen LogP contribution in [0.5, 0.6) is 0 Å². The second-order valence-electron chi connectivity index (χ2n) is 4.18. The summed E-state index contributed by atoms with van der Waals surface area (Å²) < 4.78 is 2.01. The molecule has 0 saturated heterocycles. The maximum Gasteiger partial charge on any atom is 0.140 e. The Morgan fingerprint density at radius 3 is 2.53 bits per heavy atom. The zero-order valence-electron chi connectivity index (χ0n) is 10.3. The molecular formula is C13H20Br2N2. The molecule has 0 aromatic carbocycles. The normalized spacial score (nSPS) is 10.5. The lowest BCUT2D eigenvalue weighted by Crippen LogP contribution is -2.03. The Labute approximate surface area is 121 Å². The first-order valence-corrected chi connectivity index (χ1v) is 7.87. The molecule has 0 aliphatic carbocycles. The first kappa shape index (κ1) is 15.0. The maximum absolute atomic E-state index is 4.32. The van der Waals surface area contributed by atoms with Crippen molar-refractivity contribution in [1.82, 2.24) is 4.98 Å². The molecule has 0 unspecified atom stereocenters. The van der Waals surface area contributed by atoms with Crippen molar-refractivity contribution in [1.29, 1.82) is 0 Å². The van der Waals surface area contributed by atoms with E-state index < -0.39 is 0 Å². The highest BCUT2D eigenvalue weighted by Crippen LogP contribution is 2.23. The number of nitrogens with one attached hydrogen (secondary N) is 1. The van der Waals surface area contributed by atoms with Crippen molar-refractivity contribution < 1.29 is 0 Å². The van der Waals surface area contributed by atoms with Crippen molar-refractivity contribution in [2.24, 2.45) is 0 Å². The van der Waals surface area contributed by atoms with Crippen molar-refractivity contribution in [3.8, 4) is 0 Å². The molecule has 0 bridgehead atoms. The van der Waals surface area contributed by atoms with Crippen LogP contribution in [0.3, 0.4) is 0 Å². The van der Waals surface area contributed by atoms with E-state index in [4.69, 9.17) is 0 Å². The van der Waals surface area contributed by atoms with Gasteiger partial charge in [-0.2, -0.15) is 0 Å². The minimum atomic E-state index is 0.932. The Bertz CT molecular complexity index is 329. The van der Waals surface area contributed by atoms with Crippen LogP contribution in [0.4, 0.5) is 5.82 Å². The highest BCUT2D eigenvalue weighted by Gasteiger charge is 2.00. The van der Waals surface area contributed by atoms with E-state index >= 15 is 0 Å². The molecule has 0 amide bonds. The van der Waals surface area contributed by atoms with Crippen LogP contribution < -0.4 is 5.32 Å². The average molecular weight is 364 g/mol. The van der Waals surface area contributed by atoms with Gasteiger partial charge in [0.1, 0.15) is 5.82 Å². The Kier molecular flexibility index (Phi) is 7.86. The molecule has 0 radical (unpaired) electrons. The van der Waals surface area contributed by atoms with Gasteiger partial charge in [0.25, 0.3) is 0 Å². The van der Waals surface area contributed by atoms with Gasteiger partial charge in [-0.25, -0.2) is 4.98 Å². The highest BCUT2D eigenvalue weighted by molar-refractivity contribution is 9.11. The van der Waals surface area contributed by atoms with Gasteiger partial charge in [-0.05, 0) is 44.3 Å². The summed E-state index contributed by atoms with van der Waals surface area (Å²) in [4.78, 5) is 4.32. The topological polar surface area (TPSA) is 24.9 Å². The van der Waals surface area contributed by atoms with Crippen LogP contribution >= 0.6 is 31.9 Å². The van der Waals surface area contributed by atoms with E-state index in [-0.39, 0.29) is 0 Å². The van der Waals surface area contributed by atoms with Gasteiger partial charge in [0, 0.05) is 17.2 Å². The van der Waals surface area contributed by atoms with Gasteiger partial charge < -0.3 is 5.32 Å². The fraction of sp³-hybridized carbons (Fsp3) is 0.615. The van der Waals surface area contributed by atoms with Crippen LogP contribution in [0, 0.1) is 0 Å². The molecule has 1 aromatic heterocycles. The van der Waals surface area contributed by atoms with Crippen molar-refractivity contribution in [3.05, 3.63) is 21.2 Å². The summed E-state index contributed by atoms with van der Waals surface area (Å²) in [5, 5.41) is 3.35. The van der Waals surface area contributed by atoms with Gasteiger partial charge in [0.05, 0.1) is 4.47 Å². The summed E-state index contributed by atoms with van der Waals surface area (Å²) in [7, 11) is 0. The second kappa shape index (κ2) is 8.92. The Hall–Kier alpha value is -0.0900. The predicted molar refractivity (Wildman–Crippen MR) is 81.5 cm³/mol. The van der Waals surface area contributed by atoms with Crippen LogP contribution in [-0.4, -0.2) is 11.5 Å². The Morgan fingerprint density at radius 2 is 1.82 bits per heavy atom. The molecule has 1 N–H and O–H groups in total. The van der Waals surface area contributed by atoms with Gasteiger partial charge in [0.15, 0.2) is 0 Å². The molecule has 0 fully saturated rings. The molecule has 0 aliphatic rings. The third-order valence-electron chi connectivity index (χ3n) is 2.63. The molecule has 0 atom stereocenters. The lowest BCUT2D eigenvalue weighted by molar-refractivity contribution is 0.616. The number of hydrogen-bond donors (Lipinski definition) is 1. The summed E-state index contributed by atoms with van der Waals surface area (Å²) in [6.07, 6.45) is 9.74. The number of halogens is 2. The Balaban J connectivity index is 2.14. The summed E-state index contributed by atoms with van der Waals surface area (Å²) in [5.74, 6) is 0.932. The summed E-state index contributed by atoms with van der Waals surface area (Å²) in [6.45, 7) is 3.25. The van der Waals surface area contributed by atoms with Gasteiger partial charge in [-0.3, -0.25) is 0 Å². The summed E-state index contributed by atoms with van der Waals surface area (Å²) in [6, 6.07) is 2.01. The molecule has 0 saturated carbocycles. The number of unbranched alkanes of at least 4 members (excludes halogenated alkanes) is 5. The highest BCUT2D eigenvalue weighted by atomic mass is 79.9. The minimum absolute atomic E-state index is 0.932. The molecule has 96 valence electrons. The SMILES string of the molecule is CCCCCCCCNc1ncc(Br)cc1Br. The van der Waals surface area contributed by atoms with Crippen LogP contribution in [0.2, 0.25) is 0 Å². The first-order valence-electron chi connectivity index (χ1n) is 6.29. The molecule has 1 rings (SSSR count). The van der Waals surface area contributed by atoms with Gasteiger partial charge in [0.2, 0.25) is 0 Å². The number of rotatable bonds is 8. The Morgan fingerprint density at radius 1 is 1.12 bits per heavy atom. The third kappa shape index (κ3) is 6.41. The van der Waals surface area contributed by atoms with E-state index in [1.807, 2.05) is 12.3 Å². The van der Waals surface area contributed by atoms with Gasteiger partial charge >= 0.3 is 0 Å². The standard InChI is InChI=1S/C13H20Br2N2/c1-2-3-4-5-6-7-8-16-13-12(15)9-11(14)10-17-13/h9-10H,2-8H2,1H3,(H,16,17). The first-order chi connectivity index (χ1) is 8.24. The van der Waals surface area contributed by atoms with Crippen molar-refractivity contribution in [2.75, 3.05) is 11.9 Å². The summed E-state index contributed by atoms with van der Waals surface area (Å²) in [5.41, 5.74) is 0. The van der Waals surface area contributed by atoms with Gasteiger partial charge in [-0.1, -0.05) is 39.0 Å². The zero-order chi connectivity index (χ0) is 12.5. The molecule has 1 heterocycles. The van der Waals surface area contributed by atoms with E-state index in [0.29, 0.717) is 0 Å². The number of nitrogens with zero attached hydrogens (tertiary/aromatic N) is 1. The van der Waals surface area contributed by atoms with Crippen molar-refractivity contribution >= 4 is 37.7 Å². The van der Waals surface area contributed by atoms with Gasteiger partial charge in [-0.15, -0.1) is 0 Å². The second-order valence-corrected chi connectivity index (χ2v) is 5.95. The lowest BCUT2D eigenvalue weighted by atomic mass is 10.1. The zero-order valence-corrected chi connectivity index (χ0v) is 13.5. The molecular weight excluding hydrogens is 344 g/mol. The smallest absolute Gasteiger partial charge is 0.140 e. The number of pyridine rings is 1. The average Bonchev–Trinajstić information content (AvgIpc) is 2.30. The molecule has 0 aliphatic heterocycles. The number of aromatic nitrogens is 1. The maximum atomic E-state index is 4.32. The van der Waals surface area contributed by atoms with E-state index in [2.05, 4.69) is 49.1 Å². The lowest BCUT2D eigenvalue weighted by Gasteiger charge is -2.07. The quantitative estimate of drug-likeness (QED) is 0.627. The van der Waals surface area contributed by atoms with E-state index in [1.165, 1.54) is 38.5 Å². The fourth-order valence-electron chi connectivity index (χ4n) is 1.66. The van der Waals surface area contributed by atoms with Crippen molar-refractivity contribution in [2.45, 2.75) is 45.4 Å². The van der Waals surface area contributed by atoms with E-state index in [9.17, 15) is 0 Å². The largest absolute Gasteiger partial charge is 0.369 e. The van der Waals surface area contributed by atoms with E-state index in [1.54, 1.807) is 0 Å².